The molecule has 0 saturated heterocycles. The van der Waals surface area contributed by atoms with Crippen molar-refractivity contribution in [1.82, 2.24) is 0 Å². The van der Waals surface area contributed by atoms with E-state index in [1.165, 1.54) is 0 Å². The van der Waals surface area contributed by atoms with Gasteiger partial charge in [-0.15, -0.1) is 6.58 Å². The Kier molecular flexibility index (Phi) is 6.40. The molecule has 2 atom stereocenters. The monoisotopic (exact) mass is 298 g/mol. The summed E-state index contributed by atoms with van der Waals surface area (Å²) in [6.45, 7) is 7.55. The van der Waals surface area contributed by atoms with Gasteiger partial charge in [-0.3, -0.25) is 9.59 Å². The summed E-state index contributed by atoms with van der Waals surface area (Å²) in [5.41, 5.74) is -2.53. The van der Waals surface area contributed by atoms with Crippen LogP contribution in [0.1, 0.15) is 52.4 Å². The van der Waals surface area contributed by atoms with Crippen LogP contribution in [0.25, 0.3) is 0 Å². The molecular weight excluding hydrogens is 272 g/mol. The van der Waals surface area contributed by atoms with Crippen molar-refractivity contribution in [2.45, 2.75) is 58.0 Å². The summed E-state index contributed by atoms with van der Waals surface area (Å²) >= 11 is 0. The second-order valence-corrected chi connectivity index (χ2v) is 5.52. The Morgan fingerprint density at radius 2 is 1.81 bits per heavy atom. The Labute approximate surface area is 126 Å². The van der Waals surface area contributed by atoms with Crippen LogP contribution in [0, 0.1) is 5.41 Å². The molecule has 0 amide bonds. The quantitative estimate of drug-likeness (QED) is 0.577. The first-order valence-electron chi connectivity index (χ1n) is 7.62. The second kappa shape index (κ2) is 7.59. The molecule has 1 rings (SSSR count). The van der Waals surface area contributed by atoms with E-state index in [4.69, 9.17) is 9.47 Å². The standard InChI is InChI=1S/C16H26O5/c1-4-9-16(19)11-8-7-10-15(16,14(18)21-6-3)12-13(17)20-5-2/h4,19H,1,5-12H2,2-3H3/t15-,16-/m1/s1. The van der Waals surface area contributed by atoms with Crippen LogP contribution < -0.4 is 0 Å². The SMILES string of the molecule is C=CC[C@@]1(O)CCCC[C@@]1(CC(=O)OCC)C(=O)OCC. The van der Waals surface area contributed by atoms with Gasteiger partial charge >= 0.3 is 11.9 Å². The second-order valence-electron chi connectivity index (χ2n) is 5.52. The van der Waals surface area contributed by atoms with Crippen molar-refractivity contribution in [3.05, 3.63) is 12.7 Å². The van der Waals surface area contributed by atoms with Crippen molar-refractivity contribution in [1.29, 1.82) is 0 Å². The zero-order chi connectivity index (χ0) is 15.9. The van der Waals surface area contributed by atoms with Crippen LogP contribution in [0.4, 0.5) is 0 Å². The smallest absolute Gasteiger partial charge is 0.315 e. The molecule has 1 N–H and O–H groups in total. The first-order chi connectivity index (χ1) is 9.95. The van der Waals surface area contributed by atoms with Crippen molar-refractivity contribution in [2.75, 3.05) is 13.2 Å². The number of esters is 2. The topological polar surface area (TPSA) is 72.8 Å². The van der Waals surface area contributed by atoms with E-state index in [1.54, 1.807) is 19.9 Å². The summed E-state index contributed by atoms with van der Waals surface area (Å²) in [5, 5.41) is 11.0. The largest absolute Gasteiger partial charge is 0.466 e. The third kappa shape index (κ3) is 3.64. The van der Waals surface area contributed by atoms with Crippen LogP contribution in [-0.2, 0) is 19.1 Å². The molecule has 1 aliphatic carbocycles. The molecule has 1 aliphatic rings. The molecule has 5 nitrogen and oxygen atoms in total. The van der Waals surface area contributed by atoms with Crippen molar-refractivity contribution in [2.24, 2.45) is 5.41 Å². The lowest BCUT2D eigenvalue weighted by Gasteiger charge is -2.47. The predicted octanol–water partition coefficient (Wildman–Crippen LogP) is 2.37. The summed E-state index contributed by atoms with van der Waals surface area (Å²) in [7, 11) is 0. The van der Waals surface area contributed by atoms with E-state index < -0.39 is 23.0 Å². The van der Waals surface area contributed by atoms with Crippen molar-refractivity contribution in [3.8, 4) is 0 Å². The number of rotatable bonds is 7. The maximum atomic E-state index is 12.5. The molecule has 0 aliphatic heterocycles. The molecule has 1 fully saturated rings. The minimum absolute atomic E-state index is 0.149. The third-order valence-corrected chi connectivity index (χ3v) is 4.23. The minimum atomic E-state index is -1.30. The van der Waals surface area contributed by atoms with E-state index in [9.17, 15) is 14.7 Å². The van der Waals surface area contributed by atoms with Crippen LogP contribution in [0.2, 0.25) is 0 Å². The molecule has 0 aromatic heterocycles. The van der Waals surface area contributed by atoms with Gasteiger partial charge in [-0.25, -0.2) is 0 Å². The number of ether oxygens (including phenoxy) is 2. The van der Waals surface area contributed by atoms with E-state index in [0.29, 0.717) is 12.8 Å². The van der Waals surface area contributed by atoms with E-state index in [-0.39, 0.29) is 26.1 Å². The van der Waals surface area contributed by atoms with Crippen molar-refractivity contribution < 1.29 is 24.2 Å². The lowest BCUT2D eigenvalue weighted by Crippen LogP contribution is -2.56. The van der Waals surface area contributed by atoms with Crippen LogP contribution >= 0.6 is 0 Å². The van der Waals surface area contributed by atoms with Gasteiger partial charge in [0.05, 0.1) is 25.2 Å². The van der Waals surface area contributed by atoms with Gasteiger partial charge in [0, 0.05) is 0 Å². The van der Waals surface area contributed by atoms with Crippen LogP contribution in [-0.4, -0.2) is 35.9 Å². The fraction of sp³-hybridized carbons (Fsp3) is 0.750. The van der Waals surface area contributed by atoms with Crippen LogP contribution in [0.3, 0.4) is 0 Å². The zero-order valence-electron chi connectivity index (χ0n) is 13.0. The Morgan fingerprint density at radius 1 is 1.19 bits per heavy atom. The van der Waals surface area contributed by atoms with Crippen molar-refractivity contribution >= 4 is 11.9 Å². The van der Waals surface area contributed by atoms with Gasteiger partial charge in [0.15, 0.2) is 0 Å². The molecule has 0 aromatic rings. The number of aliphatic hydroxyl groups is 1. The number of carbonyl (C=O) groups excluding carboxylic acids is 2. The average Bonchev–Trinajstić information content (AvgIpc) is 2.42. The van der Waals surface area contributed by atoms with Gasteiger partial charge in [0.2, 0.25) is 0 Å². The molecule has 5 heteroatoms. The Morgan fingerprint density at radius 3 is 2.38 bits per heavy atom. The Hall–Kier alpha value is -1.36. The number of carbonyl (C=O) groups is 2. The van der Waals surface area contributed by atoms with E-state index in [0.717, 1.165) is 12.8 Å². The Bertz CT molecular complexity index is 392. The maximum absolute atomic E-state index is 12.5. The highest BCUT2D eigenvalue weighted by atomic mass is 16.5. The fourth-order valence-corrected chi connectivity index (χ4v) is 3.20. The molecule has 120 valence electrons. The van der Waals surface area contributed by atoms with Gasteiger partial charge in [0.1, 0.15) is 5.41 Å². The number of hydrogen-bond donors (Lipinski definition) is 1. The van der Waals surface area contributed by atoms with Gasteiger partial charge in [-0.2, -0.15) is 0 Å². The van der Waals surface area contributed by atoms with Crippen LogP contribution in [0.5, 0.6) is 0 Å². The summed E-state index contributed by atoms with van der Waals surface area (Å²) < 4.78 is 10.2. The number of hydrogen-bond acceptors (Lipinski definition) is 5. The highest BCUT2D eigenvalue weighted by Crippen LogP contribution is 2.50. The Balaban J connectivity index is 3.16. The molecule has 0 bridgehead atoms. The van der Waals surface area contributed by atoms with Crippen LogP contribution in [0.15, 0.2) is 12.7 Å². The minimum Gasteiger partial charge on any atom is -0.466 e. The summed E-state index contributed by atoms with van der Waals surface area (Å²) in [6.07, 6.45) is 4.16. The van der Waals surface area contributed by atoms with E-state index >= 15 is 0 Å². The molecule has 0 unspecified atom stereocenters. The van der Waals surface area contributed by atoms with E-state index in [1.807, 2.05) is 0 Å². The van der Waals surface area contributed by atoms with Gasteiger partial charge in [0.25, 0.3) is 0 Å². The predicted molar refractivity (Wildman–Crippen MR) is 78.5 cm³/mol. The molecule has 0 radical (unpaired) electrons. The molecule has 0 heterocycles. The maximum Gasteiger partial charge on any atom is 0.315 e. The zero-order valence-corrected chi connectivity index (χ0v) is 13.0. The average molecular weight is 298 g/mol. The van der Waals surface area contributed by atoms with E-state index in [2.05, 4.69) is 6.58 Å². The van der Waals surface area contributed by atoms with Crippen molar-refractivity contribution in [3.63, 3.8) is 0 Å². The lowest BCUT2D eigenvalue weighted by molar-refractivity contribution is -0.190. The first-order valence-corrected chi connectivity index (χ1v) is 7.62. The lowest BCUT2D eigenvalue weighted by atomic mass is 9.60. The summed E-state index contributed by atoms with van der Waals surface area (Å²) in [4.78, 5) is 24.5. The van der Waals surface area contributed by atoms with Gasteiger partial charge < -0.3 is 14.6 Å². The molecule has 0 spiro atoms. The summed E-state index contributed by atoms with van der Waals surface area (Å²) in [5.74, 6) is -0.989. The van der Waals surface area contributed by atoms with Gasteiger partial charge in [-0.1, -0.05) is 18.9 Å². The molecule has 21 heavy (non-hydrogen) atoms. The highest BCUT2D eigenvalue weighted by molar-refractivity contribution is 5.85. The third-order valence-electron chi connectivity index (χ3n) is 4.23. The molecular formula is C16H26O5. The molecule has 0 aromatic carbocycles. The highest BCUT2D eigenvalue weighted by Gasteiger charge is 2.58. The van der Waals surface area contributed by atoms with Gasteiger partial charge in [-0.05, 0) is 33.1 Å². The fourth-order valence-electron chi connectivity index (χ4n) is 3.20. The normalized spacial score (nSPS) is 28.7. The first kappa shape index (κ1) is 17.7. The summed E-state index contributed by atoms with van der Waals surface area (Å²) in [6, 6.07) is 0. The molecule has 1 saturated carbocycles.